The normalized spacial score (nSPS) is 20.7. The Kier molecular flexibility index (Phi) is 3.91. The molecule has 2 N–H and O–H groups in total. The number of aliphatic imine (C=N–C) groups is 1. The Labute approximate surface area is 161 Å². The molecule has 2 aromatic rings. The predicted molar refractivity (Wildman–Crippen MR) is 104 cm³/mol. The number of hydrogen-bond donors (Lipinski definition) is 1. The molecule has 0 radical (unpaired) electrons. The molecule has 4 rings (SSSR count). The molecule has 0 amide bonds. The van der Waals surface area contributed by atoms with Crippen molar-refractivity contribution in [2.75, 3.05) is 13.2 Å². The average Bonchev–Trinajstić information content (AvgIpc) is 2.96. The lowest BCUT2D eigenvalue weighted by Crippen LogP contribution is -2.32. The predicted octanol–water partition coefficient (Wildman–Crippen LogP) is 4.57. The van der Waals surface area contributed by atoms with Crippen LogP contribution in [0.5, 0.6) is 17.2 Å². The highest BCUT2D eigenvalue weighted by atomic mass is 79.9. The van der Waals surface area contributed by atoms with Gasteiger partial charge in [-0.25, -0.2) is 4.99 Å². The highest BCUT2D eigenvalue weighted by molar-refractivity contribution is 9.10. The molecule has 2 aliphatic rings. The lowest BCUT2D eigenvalue weighted by Gasteiger charge is -2.35. The number of ether oxygens (including phenoxy) is 3. The van der Waals surface area contributed by atoms with E-state index >= 15 is 0 Å². The first-order valence-corrected chi connectivity index (χ1v) is 9.31. The maximum Gasteiger partial charge on any atom is 0.283 e. The third kappa shape index (κ3) is 2.72. The standard InChI is InChI=1S/C20H21BrN2O3/c1-19(2,3)10-24-17-13(21)8-9-15-16(17)20(11-25-18(22)23-20)12-6-4-5-7-14(12)26-15/h4-9H,10-11H2,1-3H3,(H2,22,23). The number of benzene rings is 2. The van der Waals surface area contributed by atoms with Crippen molar-refractivity contribution in [3.8, 4) is 17.2 Å². The van der Waals surface area contributed by atoms with Crippen LogP contribution in [-0.4, -0.2) is 19.2 Å². The van der Waals surface area contributed by atoms with Gasteiger partial charge in [0.25, 0.3) is 6.02 Å². The summed E-state index contributed by atoms with van der Waals surface area (Å²) in [5.74, 6) is 2.18. The molecule has 136 valence electrons. The van der Waals surface area contributed by atoms with E-state index in [1.807, 2.05) is 36.4 Å². The second-order valence-corrected chi connectivity index (χ2v) is 8.65. The van der Waals surface area contributed by atoms with Crippen LogP contribution in [0.25, 0.3) is 0 Å². The molecule has 0 aliphatic carbocycles. The number of nitrogens with two attached hydrogens (primary N) is 1. The molecule has 0 fully saturated rings. The van der Waals surface area contributed by atoms with Gasteiger partial charge in [0.2, 0.25) is 0 Å². The third-order valence-electron chi connectivity index (χ3n) is 4.42. The summed E-state index contributed by atoms with van der Waals surface area (Å²) in [5, 5.41) is 0. The van der Waals surface area contributed by atoms with Crippen molar-refractivity contribution in [1.29, 1.82) is 0 Å². The Morgan fingerprint density at radius 3 is 2.65 bits per heavy atom. The van der Waals surface area contributed by atoms with E-state index in [0.717, 1.165) is 21.3 Å². The quantitative estimate of drug-likeness (QED) is 0.778. The molecule has 1 spiro atoms. The van der Waals surface area contributed by atoms with Crippen LogP contribution in [0.1, 0.15) is 31.9 Å². The number of rotatable bonds is 2. The fourth-order valence-electron chi connectivity index (χ4n) is 3.29. The summed E-state index contributed by atoms with van der Waals surface area (Å²) in [4.78, 5) is 4.70. The van der Waals surface area contributed by atoms with Gasteiger partial charge in [-0.05, 0) is 39.5 Å². The summed E-state index contributed by atoms with van der Waals surface area (Å²) in [6, 6.07) is 11.9. The minimum absolute atomic E-state index is 0.0111. The molecular weight excluding hydrogens is 396 g/mol. The second-order valence-electron chi connectivity index (χ2n) is 7.80. The van der Waals surface area contributed by atoms with Crippen LogP contribution >= 0.6 is 15.9 Å². The molecule has 0 aromatic heterocycles. The number of nitrogens with zero attached hydrogens (tertiary/aromatic N) is 1. The van der Waals surface area contributed by atoms with E-state index in [4.69, 9.17) is 24.9 Å². The van der Waals surface area contributed by atoms with Crippen LogP contribution in [0.4, 0.5) is 0 Å². The summed E-state index contributed by atoms with van der Waals surface area (Å²) < 4.78 is 18.9. The van der Waals surface area contributed by atoms with Gasteiger partial charge >= 0.3 is 0 Å². The number of fused-ring (bicyclic) bond motifs is 4. The van der Waals surface area contributed by atoms with Crippen molar-refractivity contribution < 1.29 is 14.2 Å². The van der Waals surface area contributed by atoms with Gasteiger partial charge in [0.15, 0.2) is 5.54 Å². The molecule has 0 bridgehead atoms. The Hall–Kier alpha value is -2.21. The molecule has 2 heterocycles. The molecule has 2 aliphatic heterocycles. The lowest BCUT2D eigenvalue weighted by atomic mass is 9.81. The first-order valence-electron chi connectivity index (χ1n) is 8.51. The zero-order valence-corrected chi connectivity index (χ0v) is 16.6. The summed E-state index contributed by atoms with van der Waals surface area (Å²) in [6.45, 7) is 7.26. The minimum Gasteiger partial charge on any atom is -0.491 e. The Morgan fingerprint density at radius 2 is 1.96 bits per heavy atom. The average molecular weight is 417 g/mol. The first-order chi connectivity index (χ1) is 12.3. The molecule has 5 nitrogen and oxygen atoms in total. The van der Waals surface area contributed by atoms with Crippen LogP contribution in [0.2, 0.25) is 0 Å². The van der Waals surface area contributed by atoms with Crippen LogP contribution in [0.3, 0.4) is 0 Å². The van der Waals surface area contributed by atoms with Crippen molar-refractivity contribution in [3.05, 3.63) is 52.0 Å². The van der Waals surface area contributed by atoms with Gasteiger partial charge in [-0.3, -0.25) is 0 Å². The van der Waals surface area contributed by atoms with Gasteiger partial charge in [0.05, 0.1) is 16.6 Å². The van der Waals surface area contributed by atoms with E-state index < -0.39 is 5.54 Å². The Bertz CT molecular complexity index is 904. The highest BCUT2D eigenvalue weighted by Gasteiger charge is 2.49. The Balaban J connectivity index is 1.94. The van der Waals surface area contributed by atoms with E-state index in [-0.39, 0.29) is 11.4 Å². The lowest BCUT2D eigenvalue weighted by molar-refractivity contribution is 0.188. The maximum absolute atomic E-state index is 6.24. The molecule has 0 saturated heterocycles. The minimum atomic E-state index is -0.773. The zero-order valence-electron chi connectivity index (χ0n) is 15.0. The largest absolute Gasteiger partial charge is 0.491 e. The number of halogens is 1. The SMILES string of the molecule is CC(C)(C)COc1c(Br)ccc2c1C1(COC(N)=N1)c1ccccc1O2. The number of hydrogen-bond acceptors (Lipinski definition) is 5. The number of amidine groups is 1. The van der Waals surface area contributed by atoms with Gasteiger partial charge in [-0.1, -0.05) is 39.0 Å². The highest BCUT2D eigenvalue weighted by Crippen LogP contribution is 2.55. The summed E-state index contributed by atoms with van der Waals surface area (Å²) in [6.07, 6.45) is 0. The van der Waals surface area contributed by atoms with E-state index in [1.54, 1.807) is 0 Å². The fourth-order valence-corrected chi connectivity index (χ4v) is 3.74. The second kappa shape index (κ2) is 5.91. The maximum atomic E-state index is 6.24. The van der Waals surface area contributed by atoms with Gasteiger partial charge in [-0.2, -0.15) is 0 Å². The van der Waals surface area contributed by atoms with Crippen molar-refractivity contribution in [3.63, 3.8) is 0 Å². The Morgan fingerprint density at radius 1 is 1.19 bits per heavy atom. The molecule has 1 unspecified atom stereocenters. The van der Waals surface area contributed by atoms with Crippen molar-refractivity contribution in [2.45, 2.75) is 26.3 Å². The van der Waals surface area contributed by atoms with Crippen molar-refractivity contribution >= 4 is 22.0 Å². The van der Waals surface area contributed by atoms with Crippen molar-refractivity contribution in [1.82, 2.24) is 0 Å². The smallest absolute Gasteiger partial charge is 0.283 e. The number of para-hydroxylation sites is 1. The monoisotopic (exact) mass is 416 g/mol. The van der Waals surface area contributed by atoms with E-state index in [2.05, 4.69) is 36.7 Å². The van der Waals surface area contributed by atoms with E-state index in [9.17, 15) is 0 Å². The van der Waals surface area contributed by atoms with Gasteiger partial charge in [-0.15, -0.1) is 0 Å². The van der Waals surface area contributed by atoms with Gasteiger partial charge in [0.1, 0.15) is 23.9 Å². The van der Waals surface area contributed by atoms with Crippen LogP contribution in [0, 0.1) is 5.41 Å². The van der Waals surface area contributed by atoms with Crippen molar-refractivity contribution in [2.24, 2.45) is 16.1 Å². The molecule has 2 aromatic carbocycles. The molecule has 0 saturated carbocycles. The molecule has 26 heavy (non-hydrogen) atoms. The summed E-state index contributed by atoms with van der Waals surface area (Å²) in [5.41, 5.74) is 6.92. The van der Waals surface area contributed by atoms with Crippen LogP contribution in [-0.2, 0) is 10.3 Å². The molecule has 1 atom stereocenters. The first kappa shape index (κ1) is 17.2. The molecular formula is C20H21BrN2O3. The van der Waals surface area contributed by atoms with Gasteiger partial charge in [0, 0.05) is 5.56 Å². The summed E-state index contributed by atoms with van der Waals surface area (Å²) >= 11 is 3.63. The fraction of sp³-hybridized carbons (Fsp3) is 0.350. The zero-order chi connectivity index (χ0) is 18.5. The van der Waals surface area contributed by atoms with E-state index in [1.165, 1.54) is 0 Å². The molecule has 6 heteroatoms. The van der Waals surface area contributed by atoms with Crippen LogP contribution in [0.15, 0.2) is 45.9 Å². The van der Waals surface area contributed by atoms with Gasteiger partial charge < -0.3 is 19.9 Å². The summed E-state index contributed by atoms with van der Waals surface area (Å²) in [7, 11) is 0. The third-order valence-corrected chi connectivity index (χ3v) is 5.04. The van der Waals surface area contributed by atoms with Crippen LogP contribution < -0.4 is 15.2 Å². The van der Waals surface area contributed by atoms with E-state index in [0.29, 0.717) is 24.7 Å². The topological polar surface area (TPSA) is 66.1 Å².